The zero-order chi connectivity index (χ0) is 19.9. The number of hydrogen-bond acceptors (Lipinski definition) is 4. The Kier molecular flexibility index (Phi) is 4.65. The highest BCUT2D eigenvalue weighted by Crippen LogP contribution is 2.33. The molecule has 0 fully saturated rings. The van der Waals surface area contributed by atoms with Gasteiger partial charge in [-0.05, 0) is 43.9 Å². The number of thiazole rings is 1. The highest BCUT2D eigenvalue weighted by atomic mass is 32.1. The number of pyridine rings is 1. The first-order valence-corrected chi connectivity index (χ1v) is 10.1. The van der Waals surface area contributed by atoms with Crippen LogP contribution in [0.5, 0.6) is 0 Å². The van der Waals surface area contributed by atoms with Crippen molar-refractivity contribution in [3.8, 4) is 10.6 Å². The van der Waals surface area contributed by atoms with Crippen molar-refractivity contribution in [2.45, 2.75) is 32.7 Å². The highest BCUT2D eigenvalue weighted by Gasteiger charge is 2.25. The van der Waals surface area contributed by atoms with Crippen molar-refractivity contribution >= 4 is 22.2 Å². The number of fused-ring (bicyclic) bond motifs is 1. The molecule has 0 spiro atoms. The lowest BCUT2D eigenvalue weighted by atomic mass is 9.88. The maximum atomic E-state index is 12.0. The van der Waals surface area contributed by atoms with E-state index in [-0.39, 0.29) is 5.56 Å². The number of H-pyrrole nitrogens is 1. The summed E-state index contributed by atoms with van der Waals surface area (Å²) in [6.07, 6.45) is 0.685. The van der Waals surface area contributed by atoms with Crippen LogP contribution in [0, 0.1) is 13.8 Å². The second kappa shape index (κ2) is 7.00. The van der Waals surface area contributed by atoms with Crippen LogP contribution in [0.1, 0.15) is 28.6 Å². The van der Waals surface area contributed by atoms with Crippen molar-refractivity contribution in [2.75, 3.05) is 0 Å². The Morgan fingerprint density at radius 2 is 1.86 bits per heavy atom. The maximum Gasteiger partial charge on any atom is 0.251 e. The molecule has 5 heteroatoms. The molecule has 0 radical (unpaired) electrons. The molecule has 28 heavy (non-hydrogen) atoms. The Morgan fingerprint density at radius 3 is 2.61 bits per heavy atom. The van der Waals surface area contributed by atoms with Crippen molar-refractivity contribution in [3.05, 3.63) is 86.6 Å². The summed E-state index contributed by atoms with van der Waals surface area (Å²) < 4.78 is 0. The van der Waals surface area contributed by atoms with E-state index >= 15 is 0 Å². The first kappa shape index (κ1) is 18.6. The molecule has 4 rings (SSSR count). The van der Waals surface area contributed by atoms with Gasteiger partial charge in [0.15, 0.2) is 0 Å². The van der Waals surface area contributed by atoms with Gasteiger partial charge in [-0.15, -0.1) is 11.3 Å². The number of aryl methyl sites for hydroxylation is 2. The minimum absolute atomic E-state index is 0.0609. The topological polar surface area (TPSA) is 71.8 Å². The third-order valence-electron chi connectivity index (χ3n) is 5.13. The van der Waals surface area contributed by atoms with E-state index in [1.807, 2.05) is 57.2 Å². The molecule has 1 atom stereocenters. The van der Waals surface area contributed by atoms with Gasteiger partial charge in [-0.2, -0.15) is 0 Å². The molecular formula is C23H23N3OS. The lowest BCUT2D eigenvalue weighted by Gasteiger charge is -2.25. The van der Waals surface area contributed by atoms with Crippen molar-refractivity contribution in [1.29, 1.82) is 0 Å². The minimum Gasteiger partial charge on any atom is -0.322 e. The molecular weight excluding hydrogens is 366 g/mol. The Bertz CT molecular complexity index is 1210. The second-order valence-electron chi connectivity index (χ2n) is 7.57. The summed E-state index contributed by atoms with van der Waals surface area (Å²) in [6.45, 7) is 5.88. The van der Waals surface area contributed by atoms with Crippen molar-refractivity contribution < 1.29 is 0 Å². The number of nitrogens with one attached hydrogen (secondary N) is 1. The predicted octanol–water partition coefficient (Wildman–Crippen LogP) is 4.69. The zero-order valence-corrected chi connectivity index (χ0v) is 17.1. The van der Waals surface area contributed by atoms with Crippen LogP contribution in [0.25, 0.3) is 21.5 Å². The van der Waals surface area contributed by atoms with Crippen LogP contribution in [0.4, 0.5) is 0 Å². The molecule has 2 aromatic heterocycles. The number of nitrogens with two attached hydrogens (primary N) is 1. The van der Waals surface area contributed by atoms with Crippen LogP contribution in [-0.4, -0.2) is 9.97 Å². The van der Waals surface area contributed by atoms with Crippen molar-refractivity contribution in [3.63, 3.8) is 0 Å². The zero-order valence-electron chi connectivity index (χ0n) is 16.2. The fourth-order valence-corrected chi connectivity index (χ4v) is 4.63. The largest absolute Gasteiger partial charge is 0.322 e. The van der Waals surface area contributed by atoms with Gasteiger partial charge < -0.3 is 10.7 Å². The molecule has 0 aliphatic heterocycles. The Balaban J connectivity index is 1.68. The van der Waals surface area contributed by atoms with E-state index < -0.39 is 5.54 Å². The summed E-state index contributed by atoms with van der Waals surface area (Å²) in [5.41, 5.74) is 10.8. The molecule has 142 valence electrons. The van der Waals surface area contributed by atoms with Crippen LogP contribution in [0.15, 0.2) is 59.4 Å². The number of hydrogen-bond donors (Lipinski definition) is 2. The van der Waals surface area contributed by atoms with E-state index in [0.29, 0.717) is 12.0 Å². The summed E-state index contributed by atoms with van der Waals surface area (Å²) >= 11 is 1.69. The molecule has 1 unspecified atom stereocenters. The highest BCUT2D eigenvalue weighted by molar-refractivity contribution is 7.15. The molecule has 0 aliphatic rings. The summed E-state index contributed by atoms with van der Waals surface area (Å²) in [7, 11) is 0. The third-order valence-corrected chi connectivity index (χ3v) is 6.34. The summed E-state index contributed by atoms with van der Waals surface area (Å²) in [5.74, 6) is 0. The van der Waals surface area contributed by atoms with E-state index in [4.69, 9.17) is 10.7 Å². The maximum absolute atomic E-state index is 12.0. The van der Waals surface area contributed by atoms with E-state index in [0.717, 1.165) is 32.7 Å². The molecule has 0 saturated heterocycles. The van der Waals surface area contributed by atoms with Gasteiger partial charge in [-0.25, -0.2) is 4.98 Å². The molecule has 3 N–H and O–H groups in total. The molecule has 0 aliphatic carbocycles. The van der Waals surface area contributed by atoms with Gasteiger partial charge in [-0.3, -0.25) is 4.79 Å². The van der Waals surface area contributed by atoms with Crippen LogP contribution in [0.2, 0.25) is 0 Å². The summed E-state index contributed by atoms with van der Waals surface area (Å²) in [6, 6.07) is 18.2. The minimum atomic E-state index is -0.568. The number of benzene rings is 2. The van der Waals surface area contributed by atoms with Gasteiger partial charge in [0.05, 0.1) is 5.69 Å². The predicted molar refractivity (Wildman–Crippen MR) is 117 cm³/mol. The van der Waals surface area contributed by atoms with Crippen molar-refractivity contribution in [2.24, 2.45) is 5.73 Å². The molecule has 4 nitrogen and oxygen atoms in total. The SMILES string of the molecule is Cc1nc(-c2ccccc2)sc1CC(C)(N)c1ccc2cc(C)c(=O)[nH]c2c1. The molecule has 2 heterocycles. The Morgan fingerprint density at radius 1 is 1.11 bits per heavy atom. The smallest absolute Gasteiger partial charge is 0.251 e. The first-order valence-electron chi connectivity index (χ1n) is 9.28. The summed E-state index contributed by atoms with van der Waals surface area (Å²) in [4.78, 5) is 20.9. The van der Waals surface area contributed by atoms with Gasteiger partial charge in [0, 0.05) is 33.5 Å². The van der Waals surface area contributed by atoms with Crippen LogP contribution in [-0.2, 0) is 12.0 Å². The number of nitrogens with zero attached hydrogens (tertiary/aromatic N) is 1. The second-order valence-corrected chi connectivity index (χ2v) is 8.65. The molecule has 0 saturated carbocycles. The summed E-state index contributed by atoms with van der Waals surface area (Å²) in [5, 5.41) is 2.03. The van der Waals surface area contributed by atoms with Crippen LogP contribution in [0.3, 0.4) is 0 Å². The van der Waals surface area contributed by atoms with E-state index in [1.165, 1.54) is 4.88 Å². The lowest BCUT2D eigenvalue weighted by molar-refractivity contribution is 0.494. The Hall–Kier alpha value is -2.76. The third kappa shape index (κ3) is 3.51. The first-order chi connectivity index (χ1) is 13.3. The molecule has 0 bridgehead atoms. The molecule has 0 amide bonds. The average Bonchev–Trinajstić information content (AvgIpc) is 3.03. The van der Waals surface area contributed by atoms with Crippen LogP contribution >= 0.6 is 11.3 Å². The van der Waals surface area contributed by atoms with E-state index in [9.17, 15) is 4.79 Å². The van der Waals surface area contributed by atoms with Gasteiger partial charge in [0.2, 0.25) is 0 Å². The van der Waals surface area contributed by atoms with E-state index in [1.54, 1.807) is 11.3 Å². The van der Waals surface area contributed by atoms with Gasteiger partial charge in [-0.1, -0.05) is 42.5 Å². The van der Waals surface area contributed by atoms with E-state index in [2.05, 4.69) is 23.2 Å². The fraction of sp³-hybridized carbons (Fsp3) is 0.217. The van der Waals surface area contributed by atoms with Crippen molar-refractivity contribution in [1.82, 2.24) is 9.97 Å². The lowest BCUT2D eigenvalue weighted by Crippen LogP contribution is -2.35. The monoisotopic (exact) mass is 389 g/mol. The van der Waals surface area contributed by atoms with Crippen LogP contribution < -0.4 is 11.3 Å². The quantitative estimate of drug-likeness (QED) is 0.532. The van der Waals surface area contributed by atoms with Gasteiger partial charge in [0.1, 0.15) is 5.01 Å². The average molecular weight is 390 g/mol. The number of aromatic amines is 1. The standard InChI is InChI=1S/C23H23N3OS/c1-14-11-17-9-10-18(12-19(17)26-21(14)27)23(3,24)13-20-15(2)25-22(28-20)16-7-5-4-6-8-16/h4-12H,13,24H2,1-3H3,(H,26,27). The molecule has 4 aromatic rings. The number of aromatic nitrogens is 2. The van der Waals surface area contributed by atoms with Gasteiger partial charge in [0.25, 0.3) is 5.56 Å². The Labute approximate surface area is 168 Å². The molecule has 2 aromatic carbocycles. The normalized spacial score (nSPS) is 13.6. The van der Waals surface area contributed by atoms with Gasteiger partial charge >= 0.3 is 0 Å². The number of rotatable bonds is 4. The fourth-order valence-electron chi connectivity index (χ4n) is 3.40.